The monoisotopic (exact) mass is 301 g/mol. The van der Waals surface area contributed by atoms with Crippen molar-refractivity contribution < 1.29 is 19.2 Å². The van der Waals surface area contributed by atoms with Gasteiger partial charge >= 0.3 is 13.1 Å². The van der Waals surface area contributed by atoms with Crippen LogP contribution in [-0.2, 0) is 17.8 Å². The summed E-state index contributed by atoms with van der Waals surface area (Å²) in [6.07, 6.45) is 4.58. The van der Waals surface area contributed by atoms with Gasteiger partial charge in [-0.1, -0.05) is 13.0 Å². The van der Waals surface area contributed by atoms with Gasteiger partial charge in [-0.2, -0.15) is 5.10 Å². The number of carbonyl (C=O) groups is 1. The van der Waals surface area contributed by atoms with Gasteiger partial charge in [0.15, 0.2) is 6.54 Å². The zero-order valence-corrected chi connectivity index (χ0v) is 12.3. The predicted molar refractivity (Wildman–Crippen MR) is 82.8 cm³/mol. The molecule has 0 fully saturated rings. The van der Waals surface area contributed by atoms with Gasteiger partial charge in [0, 0.05) is 12.1 Å². The molecule has 1 aromatic carbocycles. The fourth-order valence-corrected chi connectivity index (χ4v) is 2.42. The van der Waals surface area contributed by atoms with Crippen LogP contribution in [0.2, 0.25) is 0 Å². The number of H-pyrrole nitrogens is 1. The Morgan fingerprint density at radius 2 is 2.27 bits per heavy atom. The van der Waals surface area contributed by atoms with Gasteiger partial charge in [-0.25, -0.2) is 4.79 Å². The second kappa shape index (κ2) is 6.21. The van der Waals surface area contributed by atoms with Gasteiger partial charge < -0.3 is 20.3 Å². The summed E-state index contributed by atoms with van der Waals surface area (Å²) in [7, 11) is -0.919. The topological polar surface area (TPSA) is 90.3 Å². The molecule has 22 heavy (non-hydrogen) atoms. The number of aryl methyl sites for hydroxylation is 1. The molecule has 0 saturated heterocycles. The molecule has 7 nitrogen and oxygen atoms in total. The molecule has 114 valence electrons. The Bertz CT molecular complexity index is 688. The van der Waals surface area contributed by atoms with Gasteiger partial charge in [-0.15, -0.1) is 4.68 Å². The maximum atomic E-state index is 12.0. The van der Waals surface area contributed by atoms with Crippen LogP contribution in [-0.4, -0.2) is 23.3 Å². The molecule has 0 saturated carbocycles. The molecule has 0 aliphatic carbocycles. The van der Waals surface area contributed by atoms with Crippen molar-refractivity contribution in [2.75, 3.05) is 10.6 Å². The highest BCUT2D eigenvalue weighted by Gasteiger charge is 2.27. The number of rotatable bonds is 4. The van der Waals surface area contributed by atoms with Crippen LogP contribution in [0.3, 0.4) is 0 Å². The lowest BCUT2D eigenvalue weighted by Crippen LogP contribution is -2.34. The molecule has 1 aliphatic rings. The first kappa shape index (κ1) is 14.6. The number of fused-ring (bicyclic) bond motifs is 1. The van der Waals surface area contributed by atoms with E-state index < -0.39 is 7.12 Å². The predicted octanol–water partition coefficient (Wildman–Crippen LogP) is 0.574. The smallest absolute Gasteiger partial charge is 0.423 e. The van der Waals surface area contributed by atoms with Crippen molar-refractivity contribution in [1.29, 1.82) is 0 Å². The Hall–Kier alpha value is -2.32. The maximum absolute atomic E-state index is 12.0. The van der Waals surface area contributed by atoms with Gasteiger partial charge in [0.25, 0.3) is 0 Å². The highest BCUT2D eigenvalue weighted by molar-refractivity contribution is 6.61. The van der Waals surface area contributed by atoms with Crippen LogP contribution in [0.5, 0.6) is 0 Å². The second-order valence-electron chi connectivity index (χ2n) is 5.21. The SMILES string of the molecule is CCC[n+]1cc(NC(=O)Nc2ccc3c(c2)B(O)OC3)c[nH]1. The average molecular weight is 301 g/mol. The number of aromatic amines is 1. The van der Waals surface area contributed by atoms with Gasteiger partial charge in [-0.05, 0) is 23.2 Å². The number of hydrogen-bond acceptors (Lipinski definition) is 3. The third-order valence-electron chi connectivity index (χ3n) is 3.47. The van der Waals surface area contributed by atoms with Crippen molar-refractivity contribution in [2.45, 2.75) is 26.5 Å². The highest BCUT2D eigenvalue weighted by atomic mass is 16.5. The normalized spacial score (nSPS) is 13.1. The van der Waals surface area contributed by atoms with E-state index in [-0.39, 0.29) is 6.03 Å². The van der Waals surface area contributed by atoms with Crippen LogP contribution in [0.25, 0.3) is 0 Å². The summed E-state index contributed by atoms with van der Waals surface area (Å²) in [5.41, 5.74) is 2.93. The number of nitrogens with zero attached hydrogens (tertiary/aromatic N) is 1. The fourth-order valence-electron chi connectivity index (χ4n) is 2.42. The van der Waals surface area contributed by atoms with E-state index in [9.17, 15) is 9.82 Å². The zero-order chi connectivity index (χ0) is 15.5. The Morgan fingerprint density at radius 1 is 1.45 bits per heavy atom. The minimum absolute atomic E-state index is 0.337. The molecule has 2 aromatic rings. The third-order valence-corrected chi connectivity index (χ3v) is 3.47. The Labute approximate surface area is 128 Å². The van der Waals surface area contributed by atoms with E-state index in [1.807, 2.05) is 16.9 Å². The minimum Gasteiger partial charge on any atom is -0.423 e. The molecule has 0 radical (unpaired) electrons. The van der Waals surface area contributed by atoms with Crippen LogP contribution in [0.4, 0.5) is 16.2 Å². The van der Waals surface area contributed by atoms with Crippen molar-refractivity contribution in [3.63, 3.8) is 0 Å². The molecule has 0 unspecified atom stereocenters. The minimum atomic E-state index is -0.919. The highest BCUT2D eigenvalue weighted by Crippen LogP contribution is 2.14. The molecule has 4 N–H and O–H groups in total. The van der Waals surface area contributed by atoms with E-state index in [1.165, 1.54) is 0 Å². The number of anilines is 2. The van der Waals surface area contributed by atoms with E-state index in [0.717, 1.165) is 18.5 Å². The van der Waals surface area contributed by atoms with Crippen molar-refractivity contribution in [3.8, 4) is 0 Å². The summed E-state index contributed by atoms with van der Waals surface area (Å²) in [4.78, 5) is 12.0. The second-order valence-corrected chi connectivity index (χ2v) is 5.21. The third kappa shape index (κ3) is 3.13. The van der Waals surface area contributed by atoms with Crippen LogP contribution >= 0.6 is 0 Å². The van der Waals surface area contributed by atoms with Crippen molar-refractivity contribution >= 4 is 30.0 Å². The largest absolute Gasteiger partial charge is 0.491 e. The van der Waals surface area contributed by atoms with Crippen LogP contribution in [0.1, 0.15) is 18.9 Å². The fraction of sp³-hybridized carbons (Fsp3) is 0.286. The lowest BCUT2D eigenvalue weighted by molar-refractivity contribution is -0.749. The number of benzene rings is 1. The summed E-state index contributed by atoms with van der Waals surface area (Å²) in [5, 5.41) is 18.2. The quantitative estimate of drug-likeness (QED) is 0.492. The summed E-state index contributed by atoms with van der Waals surface area (Å²) in [5.74, 6) is 0. The first-order valence-electron chi connectivity index (χ1n) is 7.24. The molecule has 0 bridgehead atoms. The van der Waals surface area contributed by atoms with E-state index in [4.69, 9.17) is 4.65 Å². The Balaban J connectivity index is 1.63. The number of aromatic nitrogens is 2. The summed E-state index contributed by atoms with van der Waals surface area (Å²) < 4.78 is 7.03. The number of amides is 2. The number of carbonyl (C=O) groups excluding carboxylic acids is 1. The molecule has 3 rings (SSSR count). The van der Waals surface area contributed by atoms with E-state index in [0.29, 0.717) is 23.4 Å². The van der Waals surface area contributed by atoms with E-state index >= 15 is 0 Å². The van der Waals surface area contributed by atoms with Gasteiger partial charge in [0.2, 0.25) is 6.20 Å². The molecule has 1 aromatic heterocycles. The lowest BCUT2D eigenvalue weighted by atomic mass is 9.79. The maximum Gasteiger partial charge on any atom is 0.491 e. The van der Waals surface area contributed by atoms with Crippen LogP contribution < -0.4 is 20.8 Å². The van der Waals surface area contributed by atoms with Crippen molar-refractivity contribution in [3.05, 3.63) is 36.2 Å². The first-order chi connectivity index (χ1) is 10.7. The number of urea groups is 1. The van der Waals surface area contributed by atoms with Crippen LogP contribution in [0, 0.1) is 0 Å². The van der Waals surface area contributed by atoms with Gasteiger partial charge in [0.05, 0.1) is 12.8 Å². The van der Waals surface area contributed by atoms with E-state index in [2.05, 4.69) is 22.7 Å². The summed E-state index contributed by atoms with van der Waals surface area (Å²) >= 11 is 0. The van der Waals surface area contributed by atoms with Gasteiger partial charge in [0.1, 0.15) is 5.69 Å². The zero-order valence-electron chi connectivity index (χ0n) is 12.3. The van der Waals surface area contributed by atoms with E-state index in [1.54, 1.807) is 18.3 Å². The average Bonchev–Trinajstić information content (AvgIpc) is 3.07. The number of nitrogens with one attached hydrogen (secondary N) is 3. The molecule has 0 atom stereocenters. The first-order valence-corrected chi connectivity index (χ1v) is 7.24. The lowest BCUT2D eigenvalue weighted by Gasteiger charge is -2.07. The molecule has 8 heteroatoms. The Morgan fingerprint density at radius 3 is 3.09 bits per heavy atom. The molecule has 2 amide bonds. The molecular formula is C14H18BN4O3+. The standard InChI is InChI=1S/C14H17BN4O3/c1-2-5-19-8-12(7-16-19)18-14(20)17-11-4-3-10-9-22-15(21)13(10)6-11/h3-4,6-8,21H,2,5,9H2,1H3,(H2,17,18,20)/p+1. The van der Waals surface area contributed by atoms with Crippen molar-refractivity contribution in [1.82, 2.24) is 5.10 Å². The molecule has 2 heterocycles. The van der Waals surface area contributed by atoms with Gasteiger partial charge in [-0.3, -0.25) is 0 Å². The summed E-state index contributed by atoms with van der Waals surface area (Å²) in [6.45, 7) is 3.34. The molecule has 0 spiro atoms. The Kier molecular flexibility index (Phi) is 4.12. The van der Waals surface area contributed by atoms with Crippen molar-refractivity contribution in [2.24, 2.45) is 0 Å². The molecular weight excluding hydrogens is 283 g/mol. The molecule has 1 aliphatic heterocycles. The number of hydrogen-bond donors (Lipinski definition) is 4. The summed E-state index contributed by atoms with van der Waals surface area (Å²) in [6, 6.07) is 5.01. The van der Waals surface area contributed by atoms with Crippen LogP contribution in [0.15, 0.2) is 30.6 Å².